The molecule has 3 fully saturated rings. The highest BCUT2D eigenvalue weighted by atomic mass is 19.1. The van der Waals surface area contributed by atoms with Crippen LogP contribution < -0.4 is 5.73 Å². The van der Waals surface area contributed by atoms with Gasteiger partial charge in [-0.3, -0.25) is 9.59 Å². The largest absolute Gasteiger partial charge is 0.457 e. The monoisotopic (exact) mass is 873 g/mol. The van der Waals surface area contributed by atoms with Gasteiger partial charge in [-0.25, -0.2) is 23.8 Å². The van der Waals surface area contributed by atoms with Crippen molar-refractivity contribution in [1.82, 2.24) is 19.7 Å². The first-order valence-electron chi connectivity index (χ1n) is 21.1. The zero-order chi connectivity index (χ0) is 45.9. The summed E-state index contributed by atoms with van der Waals surface area (Å²) >= 11 is 0. The van der Waals surface area contributed by atoms with Gasteiger partial charge in [0.25, 0.3) is 5.67 Å². The van der Waals surface area contributed by atoms with Crippen LogP contribution in [0.25, 0.3) is 5.82 Å². The first-order chi connectivity index (χ1) is 29.0. The number of rotatable bonds is 8. The highest BCUT2D eigenvalue weighted by molar-refractivity contribution is 6.08. The molecule has 18 nitrogen and oxygen atoms in total. The minimum Gasteiger partial charge on any atom is -0.457 e. The molecule has 2 bridgehead atoms. The second-order valence-electron chi connectivity index (χ2n) is 17.7. The van der Waals surface area contributed by atoms with E-state index in [-0.39, 0.29) is 38.4 Å². The van der Waals surface area contributed by atoms with Crippen molar-refractivity contribution in [3.8, 4) is 5.82 Å². The summed E-state index contributed by atoms with van der Waals surface area (Å²) in [4.78, 5) is 57.7. The quantitative estimate of drug-likeness (QED) is 0.196. The van der Waals surface area contributed by atoms with E-state index in [9.17, 15) is 24.6 Å². The summed E-state index contributed by atoms with van der Waals surface area (Å²) in [7, 11) is 3.62. The number of anilines is 1. The maximum atomic E-state index is 16.9. The van der Waals surface area contributed by atoms with Crippen molar-refractivity contribution in [2.24, 2.45) is 27.9 Å². The van der Waals surface area contributed by atoms with Crippen LogP contribution in [0.2, 0.25) is 0 Å². The van der Waals surface area contributed by atoms with Gasteiger partial charge in [-0.05, 0) is 73.0 Å². The Bertz CT molecular complexity index is 1960. The van der Waals surface area contributed by atoms with Gasteiger partial charge in [0.2, 0.25) is 5.91 Å². The fourth-order valence-electron chi connectivity index (χ4n) is 8.91. The number of carbonyl (C=O) groups excluding carboxylic acids is 3. The number of aliphatic hydroxyl groups is 2. The van der Waals surface area contributed by atoms with Crippen LogP contribution in [-0.4, -0.2) is 146 Å². The summed E-state index contributed by atoms with van der Waals surface area (Å²) < 4.78 is 50.3. The molecule has 3 aliphatic heterocycles. The number of alkyl halides is 1. The van der Waals surface area contributed by atoms with E-state index < -0.39 is 95.1 Å². The first-order valence-corrected chi connectivity index (χ1v) is 21.1. The molecule has 5 rings (SSSR count). The van der Waals surface area contributed by atoms with Gasteiger partial charge in [0, 0.05) is 54.5 Å². The number of Topliss-reactive ketones (excluding diaryl/α,β-unsaturated/α-hetero) is 1. The number of cyclic esters (lactones) is 1. The smallest absolute Gasteiger partial charge is 0.351 e. The second kappa shape index (κ2) is 19.7. The van der Waals surface area contributed by atoms with Gasteiger partial charge in [0.05, 0.1) is 37.1 Å². The Labute approximate surface area is 362 Å². The number of amides is 1. The number of hydrogen-bond donors (Lipinski definition) is 3. The Morgan fingerprint density at radius 1 is 1.11 bits per heavy atom. The van der Waals surface area contributed by atoms with E-state index in [2.05, 4.69) is 20.2 Å². The molecule has 13 atom stereocenters. The average molecular weight is 874 g/mol. The maximum Gasteiger partial charge on any atom is 0.351 e. The lowest BCUT2D eigenvalue weighted by atomic mass is 9.73. The van der Waals surface area contributed by atoms with Gasteiger partial charge in [-0.1, -0.05) is 38.9 Å². The lowest BCUT2D eigenvalue weighted by Gasteiger charge is -2.47. The number of oxime groups is 1. The van der Waals surface area contributed by atoms with E-state index in [0.717, 1.165) is 6.92 Å². The topological polar surface area (TPSA) is 232 Å². The van der Waals surface area contributed by atoms with Gasteiger partial charge < -0.3 is 49.4 Å². The van der Waals surface area contributed by atoms with Crippen LogP contribution in [-0.2, 0) is 49.5 Å². The molecule has 0 aromatic carbocycles. The molecule has 2 aromatic heterocycles. The molecular weight excluding hydrogens is 810 g/mol. The first kappa shape index (κ1) is 48.8. The zero-order valence-electron chi connectivity index (χ0n) is 37.6. The van der Waals surface area contributed by atoms with E-state index in [0.29, 0.717) is 29.3 Å². The summed E-state index contributed by atoms with van der Waals surface area (Å²) in [5, 5.41) is 32.6. The summed E-state index contributed by atoms with van der Waals surface area (Å²) in [6, 6.07) is 4.75. The van der Waals surface area contributed by atoms with Crippen LogP contribution in [0.4, 0.5) is 10.2 Å². The Balaban J connectivity index is 1.65. The van der Waals surface area contributed by atoms with E-state index in [4.69, 9.17) is 34.3 Å². The molecule has 3 saturated heterocycles. The molecule has 0 spiro atoms. The number of likely N-dealkylation sites (N-methyl/N-ethyl adjacent to an activating group) is 1. The third-order valence-electron chi connectivity index (χ3n) is 12.2. The van der Waals surface area contributed by atoms with Crippen LogP contribution in [0.5, 0.6) is 0 Å². The van der Waals surface area contributed by atoms with Gasteiger partial charge in [0.1, 0.15) is 35.9 Å². The molecule has 0 radical (unpaired) electrons. The molecule has 2 aromatic rings. The van der Waals surface area contributed by atoms with Gasteiger partial charge in [0.15, 0.2) is 17.9 Å². The third kappa shape index (κ3) is 10.7. The molecule has 19 heteroatoms. The fraction of sp³-hybridized carbons (Fsp3) is 0.698. The SMILES string of the molecule is CC[C@H]1OC(=O)[C@@](C)(F)C(=O)[C@H](C)[C@@H](O[C@@H]2O[C@H](C)C[C@H](N(C)C)[C@H]2O)[C@@]2(C)C[C@@H](C)C(=NC(C)=O)[C@H](C)[C@H](OC/C(=N\OCc3ccc(-n4ccc(N)n4)nc3)CO2)[C@]1(C)O. The minimum absolute atomic E-state index is 0.00517. The van der Waals surface area contributed by atoms with Crippen molar-refractivity contribution in [1.29, 1.82) is 0 Å². The lowest BCUT2D eigenvalue weighted by molar-refractivity contribution is -0.296. The van der Waals surface area contributed by atoms with Crippen molar-refractivity contribution in [3.63, 3.8) is 0 Å². The fourth-order valence-corrected chi connectivity index (χ4v) is 8.91. The van der Waals surface area contributed by atoms with E-state index in [1.54, 1.807) is 51.4 Å². The van der Waals surface area contributed by atoms with Crippen molar-refractivity contribution < 1.29 is 57.5 Å². The molecule has 0 unspecified atom stereocenters. The Morgan fingerprint density at radius 2 is 1.82 bits per heavy atom. The van der Waals surface area contributed by atoms with Crippen LogP contribution in [0.15, 0.2) is 40.7 Å². The molecule has 0 saturated carbocycles. The number of aromatic nitrogens is 3. The number of nitrogens with zero attached hydrogens (tertiary/aromatic N) is 6. The van der Waals surface area contributed by atoms with Crippen molar-refractivity contribution in [2.45, 2.75) is 148 Å². The number of ketones is 1. The molecule has 3 aliphatic rings. The van der Waals surface area contributed by atoms with Crippen LogP contribution in [0.1, 0.15) is 87.1 Å². The van der Waals surface area contributed by atoms with E-state index in [1.165, 1.54) is 25.5 Å². The number of esters is 1. The maximum absolute atomic E-state index is 16.9. The summed E-state index contributed by atoms with van der Waals surface area (Å²) in [5.74, 6) is -5.27. The minimum atomic E-state index is -3.23. The van der Waals surface area contributed by atoms with Crippen LogP contribution in [0.3, 0.4) is 0 Å². The van der Waals surface area contributed by atoms with Gasteiger partial charge in [-0.2, -0.15) is 0 Å². The van der Waals surface area contributed by atoms with Crippen molar-refractivity contribution >= 4 is 34.9 Å². The number of ether oxygens (including phenoxy) is 5. The molecule has 62 heavy (non-hydrogen) atoms. The normalized spacial score (nSPS) is 38.0. The number of halogens is 1. The Hall–Kier alpha value is -4.24. The number of pyridine rings is 1. The van der Waals surface area contributed by atoms with Crippen LogP contribution in [0, 0.1) is 17.8 Å². The number of aliphatic imine (C=N–C) groups is 1. The molecule has 1 amide bonds. The number of nitrogens with two attached hydrogens (primary N) is 1. The lowest BCUT2D eigenvalue weighted by Crippen LogP contribution is -2.61. The molecule has 0 aliphatic carbocycles. The van der Waals surface area contributed by atoms with E-state index >= 15 is 4.39 Å². The number of carbonyl (C=O) groups is 3. The van der Waals surface area contributed by atoms with E-state index in [1.807, 2.05) is 32.8 Å². The Morgan fingerprint density at radius 3 is 2.42 bits per heavy atom. The predicted octanol–water partition coefficient (Wildman–Crippen LogP) is 3.38. The molecular formula is C43H64FN7O11. The van der Waals surface area contributed by atoms with Crippen LogP contribution >= 0.6 is 0 Å². The molecule has 4 N–H and O–H groups in total. The van der Waals surface area contributed by atoms with Crippen molar-refractivity contribution in [3.05, 3.63) is 36.2 Å². The predicted molar refractivity (Wildman–Crippen MR) is 225 cm³/mol. The molecule has 5 heterocycles. The highest BCUT2D eigenvalue weighted by Crippen LogP contribution is 2.41. The summed E-state index contributed by atoms with van der Waals surface area (Å²) in [5.41, 5.74) is 0.0630. The number of aliphatic hydroxyl groups excluding tert-OH is 1. The second-order valence-corrected chi connectivity index (χ2v) is 17.7. The highest BCUT2D eigenvalue weighted by Gasteiger charge is 2.56. The summed E-state index contributed by atoms with van der Waals surface area (Å²) in [6.45, 7) is 12.9. The standard InChI is InChI=1S/C43H64FN7O11/c1-12-31-43(9,56)38-25(4)34(47-27(6)52)23(2)18-41(7,58-22-29(21-57-38)49-59-20-28-13-14-33(46-19-28)51-16-15-32(45)48-51)37(26(5)36(54)42(8,44)40(55)61-31)62-39-35(53)30(50(10)11)17-24(3)60-39/h13-16,19,23-26,30-31,35,37-39,53,56H,12,17-18,20-22H2,1-11H3,(H2,45,48)/b47-34?,49-29+/t23-,24-,25+,26+,30+,31-,35-,37-,38+,39+,41-,42+,43-/m1/s1. The zero-order valence-corrected chi connectivity index (χ0v) is 37.6. The number of nitrogen functional groups attached to an aromatic ring is 1. The number of fused-ring (bicyclic) bond motifs is 5. The van der Waals surface area contributed by atoms with Crippen molar-refractivity contribution in [2.75, 3.05) is 33.0 Å². The van der Waals surface area contributed by atoms with Gasteiger partial charge in [-0.15, -0.1) is 5.10 Å². The van der Waals surface area contributed by atoms with Gasteiger partial charge >= 0.3 is 5.97 Å². The molecule has 344 valence electrons. The number of hydrogen-bond acceptors (Lipinski definition) is 16. The average Bonchev–Trinajstić information content (AvgIpc) is 3.64. The third-order valence-corrected chi connectivity index (χ3v) is 12.2. The Kier molecular flexibility index (Phi) is 15.5. The summed E-state index contributed by atoms with van der Waals surface area (Å²) in [6.07, 6.45) is -3.28.